The zero-order valence-electron chi connectivity index (χ0n) is 11.6. The molecule has 0 aromatic carbocycles. The molecule has 2 aromatic heterocycles. The van der Waals surface area contributed by atoms with Crippen LogP contribution in [-0.4, -0.2) is 45.3 Å². The van der Waals surface area contributed by atoms with E-state index in [1.165, 1.54) is 12.8 Å². The summed E-state index contributed by atoms with van der Waals surface area (Å²) in [6.45, 7) is 3.28. The fourth-order valence-electron chi connectivity index (χ4n) is 3.84. The molecule has 0 unspecified atom stereocenters. The number of fused-ring (bicyclic) bond motifs is 4. The molecule has 0 atom stereocenters. The largest absolute Gasteiger partial charge is 0.379 e. The van der Waals surface area contributed by atoms with Gasteiger partial charge in [0.05, 0.1) is 13.2 Å². The molecule has 4 aliphatic rings. The molecule has 0 radical (unpaired) electrons. The number of hydrogen-bond donors (Lipinski definition) is 0. The number of nitrogens with zero attached hydrogens (tertiary/aromatic N) is 5. The Labute approximate surface area is 127 Å². The van der Waals surface area contributed by atoms with Crippen molar-refractivity contribution in [2.45, 2.75) is 31.8 Å². The summed E-state index contributed by atoms with van der Waals surface area (Å²) in [4.78, 5) is 16.1. The molecule has 2 saturated heterocycles. The molecule has 2 aromatic rings. The van der Waals surface area contributed by atoms with Gasteiger partial charge in [-0.25, -0.2) is 4.98 Å². The van der Waals surface area contributed by atoms with E-state index in [0.29, 0.717) is 24.5 Å². The molecule has 3 aliphatic heterocycles. The Morgan fingerprint density at radius 1 is 1.14 bits per heavy atom. The number of rotatable bonds is 1. The van der Waals surface area contributed by atoms with Crippen LogP contribution in [0.1, 0.15) is 18.7 Å². The molecule has 110 valence electrons. The molecule has 2 bridgehead atoms. The van der Waals surface area contributed by atoms with Crippen molar-refractivity contribution < 1.29 is 4.74 Å². The maximum atomic E-state index is 6.18. The smallest absolute Gasteiger partial charge is 0.226 e. The van der Waals surface area contributed by atoms with Crippen molar-refractivity contribution in [2.75, 3.05) is 24.7 Å². The Bertz CT molecular complexity index is 724. The fraction of sp³-hybridized carbons (Fsp3) is 0.643. The third kappa shape index (κ3) is 1.72. The van der Waals surface area contributed by atoms with Crippen molar-refractivity contribution in [3.05, 3.63) is 11.1 Å². The Kier molecular flexibility index (Phi) is 2.49. The van der Waals surface area contributed by atoms with Crippen molar-refractivity contribution in [1.29, 1.82) is 0 Å². The van der Waals surface area contributed by atoms with Crippen LogP contribution in [0.15, 0.2) is 0 Å². The van der Waals surface area contributed by atoms with Gasteiger partial charge in [0.2, 0.25) is 5.28 Å². The van der Waals surface area contributed by atoms with Gasteiger partial charge in [-0.05, 0) is 30.4 Å². The van der Waals surface area contributed by atoms with Crippen LogP contribution in [0.4, 0.5) is 5.82 Å². The van der Waals surface area contributed by atoms with Gasteiger partial charge < -0.3 is 14.2 Å². The molecule has 1 saturated carbocycles. The van der Waals surface area contributed by atoms with Crippen molar-refractivity contribution in [1.82, 2.24) is 19.5 Å². The van der Waals surface area contributed by atoms with Gasteiger partial charge in [-0.2, -0.15) is 9.97 Å². The van der Waals surface area contributed by atoms with Gasteiger partial charge in [-0.3, -0.25) is 0 Å². The third-order valence-corrected chi connectivity index (χ3v) is 5.10. The zero-order chi connectivity index (χ0) is 14.0. The van der Waals surface area contributed by atoms with E-state index in [0.717, 1.165) is 48.2 Å². The molecule has 6 nitrogen and oxygen atoms in total. The number of aromatic nitrogens is 4. The Morgan fingerprint density at radius 2 is 2.05 bits per heavy atom. The van der Waals surface area contributed by atoms with E-state index < -0.39 is 0 Å². The van der Waals surface area contributed by atoms with Gasteiger partial charge in [0, 0.05) is 25.6 Å². The molecular formula is C14H16ClN5O. The summed E-state index contributed by atoms with van der Waals surface area (Å²) in [5.74, 6) is 2.79. The van der Waals surface area contributed by atoms with E-state index in [1.807, 2.05) is 0 Å². The van der Waals surface area contributed by atoms with Gasteiger partial charge in [0.1, 0.15) is 5.82 Å². The summed E-state index contributed by atoms with van der Waals surface area (Å²) in [7, 11) is 0. The average Bonchev–Trinajstić information content (AvgIpc) is 3.06. The first-order valence-electron chi connectivity index (χ1n) is 7.56. The van der Waals surface area contributed by atoms with Crippen LogP contribution in [0, 0.1) is 5.92 Å². The van der Waals surface area contributed by atoms with Crippen LogP contribution in [0.25, 0.3) is 11.2 Å². The normalized spacial score (nSPS) is 27.6. The molecule has 0 amide bonds. The fourth-order valence-corrected chi connectivity index (χ4v) is 4.00. The van der Waals surface area contributed by atoms with Crippen LogP contribution in [0.5, 0.6) is 0 Å². The minimum absolute atomic E-state index is 0.314. The highest BCUT2D eigenvalue weighted by atomic mass is 35.5. The lowest BCUT2D eigenvalue weighted by atomic mass is 9.86. The molecule has 1 aliphatic carbocycles. The van der Waals surface area contributed by atoms with Crippen LogP contribution in [-0.2, 0) is 17.7 Å². The second-order valence-corrected chi connectivity index (χ2v) is 6.51. The van der Waals surface area contributed by atoms with Gasteiger partial charge in [-0.1, -0.05) is 0 Å². The van der Waals surface area contributed by atoms with E-state index in [-0.39, 0.29) is 0 Å². The van der Waals surface area contributed by atoms with Crippen LogP contribution in [0.3, 0.4) is 0 Å². The monoisotopic (exact) mass is 305 g/mol. The molecule has 5 heterocycles. The highest BCUT2D eigenvalue weighted by Crippen LogP contribution is 2.44. The molecule has 0 spiro atoms. The molecule has 21 heavy (non-hydrogen) atoms. The summed E-state index contributed by atoms with van der Waals surface area (Å²) >= 11 is 6.18. The zero-order valence-corrected chi connectivity index (χ0v) is 12.4. The Hall–Kier alpha value is -1.40. The number of hydrogen-bond acceptors (Lipinski definition) is 5. The molecular weight excluding hydrogens is 290 g/mol. The summed E-state index contributed by atoms with van der Waals surface area (Å²) in [5, 5.41) is 0.314. The van der Waals surface area contributed by atoms with Gasteiger partial charge >= 0.3 is 0 Å². The summed E-state index contributed by atoms with van der Waals surface area (Å²) < 4.78 is 7.66. The average molecular weight is 306 g/mol. The number of ether oxygens (including phenoxy) is 1. The third-order valence-electron chi connectivity index (χ3n) is 4.94. The highest BCUT2D eigenvalue weighted by Gasteiger charge is 2.44. The molecule has 7 heteroatoms. The number of anilines is 1. The van der Waals surface area contributed by atoms with Crippen molar-refractivity contribution in [2.24, 2.45) is 5.92 Å². The van der Waals surface area contributed by atoms with E-state index in [1.54, 1.807) is 0 Å². The molecule has 0 N–H and O–H groups in total. The first kappa shape index (κ1) is 12.2. The summed E-state index contributed by atoms with van der Waals surface area (Å²) in [6.07, 6.45) is 3.38. The number of halogens is 1. The van der Waals surface area contributed by atoms with Crippen LogP contribution < -0.4 is 4.90 Å². The predicted octanol–water partition coefficient (Wildman–Crippen LogP) is 1.65. The quantitative estimate of drug-likeness (QED) is 0.750. The maximum absolute atomic E-state index is 6.18. The van der Waals surface area contributed by atoms with E-state index in [2.05, 4.69) is 19.4 Å². The Balaban J connectivity index is 1.71. The van der Waals surface area contributed by atoms with Crippen molar-refractivity contribution in [3.8, 4) is 0 Å². The first-order chi connectivity index (χ1) is 10.3. The van der Waals surface area contributed by atoms with Crippen molar-refractivity contribution in [3.63, 3.8) is 0 Å². The number of imidazole rings is 1. The lowest BCUT2D eigenvalue weighted by Gasteiger charge is -2.26. The predicted molar refractivity (Wildman–Crippen MR) is 78.7 cm³/mol. The van der Waals surface area contributed by atoms with Crippen LogP contribution in [0.2, 0.25) is 5.28 Å². The van der Waals surface area contributed by atoms with E-state index in [4.69, 9.17) is 21.3 Å². The molecule has 3 fully saturated rings. The Morgan fingerprint density at radius 3 is 2.86 bits per heavy atom. The summed E-state index contributed by atoms with van der Waals surface area (Å²) in [5.41, 5.74) is 1.76. The topological polar surface area (TPSA) is 56.1 Å². The second kappa shape index (κ2) is 4.30. The van der Waals surface area contributed by atoms with E-state index >= 15 is 0 Å². The lowest BCUT2D eigenvalue weighted by molar-refractivity contribution is 0.140. The van der Waals surface area contributed by atoms with Gasteiger partial charge in [0.15, 0.2) is 17.0 Å². The van der Waals surface area contributed by atoms with Gasteiger partial charge in [0.25, 0.3) is 0 Å². The highest BCUT2D eigenvalue weighted by molar-refractivity contribution is 6.28. The second-order valence-electron chi connectivity index (χ2n) is 6.17. The SMILES string of the molecule is Clc1nc(N2CC3CC2C3)c2nc3n(c2n1)CCOCC3. The maximum Gasteiger partial charge on any atom is 0.226 e. The minimum Gasteiger partial charge on any atom is -0.379 e. The first-order valence-corrected chi connectivity index (χ1v) is 7.94. The van der Waals surface area contributed by atoms with E-state index in [9.17, 15) is 0 Å². The summed E-state index contributed by atoms with van der Waals surface area (Å²) in [6, 6.07) is 0.619. The minimum atomic E-state index is 0.314. The van der Waals surface area contributed by atoms with Crippen molar-refractivity contribution >= 4 is 28.6 Å². The molecule has 6 rings (SSSR count). The van der Waals surface area contributed by atoms with Gasteiger partial charge in [-0.15, -0.1) is 0 Å². The van der Waals surface area contributed by atoms with Crippen LogP contribution >= 0.6 is 11.6 Å². The standard InChI is InChI=1S/C14H16ClN5O/c15-14-17-12-11(16-10-1-3-21-4-2-19(10)12)13(18-14)20-7-8-5-9(20)6-8/h8-9H,1-7H2. The lowest BCUT2D eigenvalue weighted by Crippen LogP contribution is -2.29.